The van der Waals surface area contributed by atoms with Gasteiger partial charge in [0.25, 0.3) is 0 Å². The van der Waals surface area contributed by atoms with Crippen LogP contribution in [0.3, 0.4) is 0 Å². The average Bonchev–Trinajstić information content (AvgIpc) is 2.78. The molecule has 34 heavy (non-hydrogen) atoms. The average molecular weight is 509 g/mol. The minimum absolute atomic E-state index is 0. The second-order valence-corrected chi connectivity index (χ2v) is 8.68. The Balaban J connectivity index is 0.00000408. The van der Waals surface area contributed by atoms with Gasteiger partial charge >= 0.3 is 12.4 Å². The highest BCUT2D eigenvalue weighted by atomic mass is 35.5. The fourth-order valence-corrected chi connectivity index (χ4v) is 4.37. The molecular formula is C24H27ClF6N2O. The number of carbonyl (C=O) groups excluding carboxylic acids is 1. The van der Waals surface area contributed by atoms with Crippen LogP contribution in [0, 0.1) is 5.92 Å². The first kappa shape index (κ1) is 28.0. The van der Waals surface area contributed by atoms with Gasteiger partial charge in [-0.3, -0.25) is 4.79 Å². The smallest absolute Gasteiger partial charge is 0.346 e. The number of nitrogens with two attached hydrogens (primary N) is 1. The van der Waals surface area contributed by atoms with Gasteiger partial charge in [-0.2, -0.15) is 26.3 Å². The highest BCUT2D eigenvalue weighted by Crippen LogP contribution is 2.41. The number of hydrogen-bond donors (Lipinski definition) is 2. The Morgan fingerprint density at radius 3 is 1.94 bits per heavy atom. The van der Waals surface area contributed by atoms with Gasteiger partial charge in [-0.15, -0.1) is 12.4 Å². The van der Waals surface area contributed by atoms with Gasteiger partial charge in [-0.25, -0.2) is 0 Å². The topological polar surface area (TPSA) is 55.1 Å². The van der Waals surface area contributed by atoms with E-state index in [2.05, 4.69) is 5.32 Å². The predicted molar refractivity (Wildman–Crippen MR) is 119 cm³/mol. The van der Waals surface area contributed by atoms with Crippen LogP contribution in [0.5, 0.6) is 0 Å². The van der Waals surface area contributed by atoms with E-state index in [1.54, 1.807) is 0 Å². The number of nitrogens with one attached hydrogen (secondary N) is 1. The van der Waals surface area contributed by atoms with Crippen molar-refractivity contribution in [1.82, 2.24) is 5.32 Å². The van der Waals surface area contributed by atoms with Crippen LogP contribution in [0.25, 0.3) is 0 Å². The number of amides is 1. The first-order valence-electron chi connectivity index (χ1n) is 10.7. The maximum absolute atomic E-state index is 13.2. The molecule has 0 heterocycles. The monoisotopic (exact) mass is 508 g/mol. The molecule has 1 aliphatic carbocycles. The zero-order valence-electron chi connectivity index (χ0n) is 18.5. The molecule has 1 atom stereocenters. The van der Waals surface area contributed by atoms with E-state index in [0.29, 0.717) is 37.4 Å². The second-order valence-electron chi connectivity index (χ2n) is 8.68. The molecule has 1 amide bonds. The number of alkyl halides is 6. The SMILES string of the molecule is CC(C(=O)NC1(c2ccccc2)CCC(CN)CC1)c1cc(C(F)(F)F)cc(C(F)(F)F)c1.Cl. The van der Waals surface area contributed by atoms with Crippen molar-refractivity contribution in [3.8, 4) is 0 Å². The Labute approximate surface area is 200 Å². The lowest BCUT2D eigenvalue weighted by Gasteiger charge is -2.42. The van der Waals surface area contributed by atoms with Crippen LogP contribution in [0.2, 0.25) is 0 Å². The molecule has 3 N–H and O–H groups in total. The third-order valence-electron chi connectivity index (χ3n) is 6.48. The summed E-state index contributed by atoms with van der Waals surface area (Å²) in [7, 11) is 0. The molecule has 1 saturated carbocycles. The van der Waals surface area contributed by atoms with Crippen LogP contribution >= 0.6 is 12.4 Å². The third kappa shape index (κ3) is 6.24. The van der Waals surface area contributed by atoms with E-state index in [1.165, 1.54) is 6.92 Å². The predicted octanol–water partition coefficient (Wildman–Crippen LogP) is 6.41. The number of benzene rings is 2. The molecule has 0 saturated heterocycles. The molecule has 10 heteroatoms. The van der Waals surface area contributed by atoms with E-state index < -0.39 is 40.8 Å². The Morgan fingerprint density at radius 1 is 1.00 bits per heavy atom. The lowest BCUT2D eigenvalue weighted by molar-refractivity contribution is -0.143. The molecule has 2 aromatic rings. The minimum Gasteiger partial charge on any atom is -0.346 e. The van der Waals surface area contributed by atoms with E-state index in [4.69, 9.17) is 5.73 Å². The molecule has 0 aliphatic heterocycles. The van der Waals surface area contributed by atoms with Gasteiger partial charge in [0.05, 0.1) is 22.6 Å². The summed E-state index contributed by atoms with van der Waals surface area (Å²) in [6, 6.07) is 10.5. The summed E-state index contributed by atoms with van der Waals surface area (Å²) in [4.78, 5) is 13.2. The van der Waals surface area contributed by atoms with Gasteiger partial charge in [0, 0.05) is 0 Å². The summed E-state index contributed by atoms with van der Waals surface area (Å²) in [6.07, 6.45) is -7.29. The first-order chi connectivity index (χ1) is 15.4. The summed E-state index contributed by atoms with van der Waals surface area (Å²) in [5.41, 5.74) is 2.66. The van der Waals surface area contributed by atoms with E-state index in [0.717, 1.165) is 18.4 Å². The van der Waals surface area contributed by atoms with Crippen molar-refractivity contribution in [3.63, 3.8) is 0 Å². The molecule has 2 aromatic carbocycles. The Hall–Kier alpha value is -2.26. The lowest BCUT2D eigenvalue weighted by Crippen LogP contribution is -2.50. The van der Waals surface area contributed by atoms with E-state index >= 15 is 0 Å². The van der Waals surface area contributed by atoms with E-state index in [1.807, 2.05) is 30.3 Å². The van der Waals surface area contributed by atoms with Crippen LogP contribution in [0.15, 0.2) is 48.5 Å². The minimum atomic E-state index is -4.97. The molecule has 0 aromatic heterocycles. The highest BCUT2D eigenvalue weighted by molar-refractivity contribution is 5.85. The normalized spacial score (nSPS) is 21.9. The number of rotatable bonds is 5. The quantitative estimate of drug-likeness (QED) is 0.458. The molecule has 1 unspecified atom stereocenters. The molecule has 0 bridgehead atoms. The van der Waals surface area contributed by atoms with Crippen LogP contribution in [-0.4, -0.2) is 12.5 Å². The van der Waals surface area contributed by atoms with Crippen LogP contribution in [0.1, 0.15) is 60.8 Å². The number of halogens is 7. The van der Waals surface area contributed by atoms with Gasteiger partial charge in [-0.1, -0.05) is 30.3 Å². The maximum atomic E-state index is 13.2. The molecule has 3 nitrogen and oxygen atoms in total. The van der Waals surface area contributed by atoms with Crippen LogP contribution in [-0.2, 0) is 22.7 Å². The van der Waals surface area contributed by atoms with Crippen molar-refractivity contribution >= 4 is 18.3 Å². The summed E-state index contributed by atoms with van der Waals surface area (Å²) in [5, 5.41) is 2.97. The fraction of sp³-hybridized carbons (Fsp3) is 0.458. The zero-order valence-corrected chi connectivity index (χ0v) is 19.3. The van der Waals surface area contributed by atoms with Crippen molar-refractivity contribution in [1.29, 1.82) is 0 Å². The van der Waals surface area contributed by atoms with Gasteiger partial charge in [0.15, 0.2) is 0 Å². The summed E-state index contributed by atoms with van der Waals surface area (Å²) >= 11 is 0. The van der Waals surface area contributed by atoms with Crippen molar-refractivity contribution in [2.24, 2.45) is 11.7 Å². The van der Waals surface area contributed by atoms with Crippen molar-refractivity contribution in [2.75, 3.05) is 6.54 Å². The molecular weight excluding hydrogens is 482 g/mol. The van der Waals surface area contributed by atoms with E-state index in [-0.39, 0.29) is 24.0 Å². The Kier molecular flexibility index (Phi) is 8.69. The van der Waals surface area contributed by atoms with Crippen LogP contribution in [0.4, 0.5) is 26.3 Å². The number of carbonyl (C=O) groups is 1. The molecule has 3 rings (SSSR count). The summed E-state index contributed by atoms with van der Waals surface area (Å²) < 4.78 is 79.5. The molecule has 0 radical (unpaired) electrons. The summed E-state index contributed by atoms with van der Waals surface area (Å²) in [5.74, 6) is -1.55. The van der Waals surface area contributed by atoms with Gasteiger partial charge in [0.1, 0.15) is 0 Å². The van der Waals surface area contributed by atoms with Crippen molar-refractivity contribution in [2.45, 2.75) is 56.4 Å². The van der Waals surface area contributed by atoms with Gasteiger partial charge in [-0.05, 0) is 74.4 Å². The van der Waals surface area contributed by atoms with Crippen molar-refractivity contribution < 1.29 is 31.1 Å². The van der Waals surface area contributed by atoms with Gasteiger partial charge in [0.2, 0.25) is 5.91 Å². The van der Waals surface area contributed by atoms with E-state index in [9.17, 15) is 31.1 Å². The Bertz CT molecular complexity index is 937. The molecule has 0 spiro atoms. The molecule has 1 aliphatic rings. The highest BCUT2D eigenvalue weighted by Gasteiger charge is 2.40. The second kappa shape index (κ2) is 10.6. The number of hydrogen-bond acceptors (Lipinski definition) is 2. The fourth-order valence-electron chi connectivity index (χ4n) is 4.37. The van der Waals surface area contributed by atoms with Crippen LogP contribution < -0.4 is 11.1 Å². The molecule has 1 fully saturated rings. The third-order valence-corrected chi connectivity index (χ3v) is 6.48. The molecule has 188 valence electrons. The lowest BCUT2D eigenvalue weighted by atomic mass is 9.72. The summed E-state index contributed by atoms with van der Waals surface area (Å²) in [6.45, 7) is 1.83. The van der Waals surface area contributed by atoms with Gasteiger partial charge < -0.3 is 11.1 Å². The zero-order chi connectivity index (χ0) is 24.4. The standard InChI is InChI=1S/C24H26F6N2O.ClH/c1-15(17-11-19(23(25,26)27)13-20(12-17)24(28,29)30)21(33)32-22(18-5-3-2-4-6-18)9-7-16(14-31)8-10-22;/h2-6,11-13,15-16H,7-10,14,31H2,1H3,(H,32,33);1H. The van der Waals surface area contributed by atoms with Crippen molar-refractivity contribution in [3.05, 3.63) is 70.8 Å². The maximum Gasteiger partial charge on any atom is 0.416 e. The largest absolute Gasteiger partial charge is 0.416 e. The first-order valence-corrected chi connectivity index (χ1v) is 10.7. The Morgan fingerprint density at radius 2 is 1.50 bits per heavy atom.